The third kappa shape index (κ3) is 4.37. The van der Waals surface area contributed by atoms with E-state index >= 15 is 0 Å². The number of aromatic nitrogens is 1. The molecule has 3 heterocycles. The third-order valence-corrected chi connectivity index (χ3v) is 7.19. The molecule has 0 aliphatic carbocycles. The van der Waals surface area contributed by atoms with E-state index in [9.17, 15) is 18.8 Å². The number of fused-ring (bicyclic) bond motifs is 1. The van der Waals surface area contributed by atoms with Crippen LogP contribution in [0, 0.1) is 5.82 Å². The molecule has 0 spiro atoms. The number of carbonyl (C=O) groups is 3. The molecule has 5 rings (SSSR count). The number of rotatable bonds is 5. The molecule has 0 bridgehead atoms. The minimum Gasteiger partial charge on any atom is -0.342 e. The van der Waals surface area contributed by atoms with Crippen LogP contribution in [0.15, 0.2) is 59.6 Å². The topological polar surface area (TPSA) is 62.6 Å². The third-order valence-electron chi connectivity index (χ3n) is 6.28. The number of imide groups is 1. The number of piperidine rings is 1. The maximum Gasteiger partial charge on any atom is 0.294 e. The molecular weight excluding hydrogens is 453 g/mol. The first-order chi connectivity index (χ1) is 16.5. The highest BCUT2D eigenvalue weighted by atomic mass is 32.2. The van der Waals surface area contributed by atoms with Crippen molar-refractivity contribution < 1.29 is 18.8 Å². The maximum atomic E-state index is 14.2. The molecular formula is C26H24FN3O3S. The van der Waals surface area contributed by atoms with Crippen LogP contribution in [-0.4, -0.2) is 51.1 Å². The monoisotopic (exact) mass is 477 g/mol. The van der Waals surface area contributed by atoms with Gasteiger partial charge in [-0.2, -0.15) is 0 Å². The fourth-order valence-corrected chi connectivity index (χ4v) is 5.32. The van der Waals surface area contributed by atoms with E-state index in [0.29, 0.717) is 25.2 Å². The maximum absolute atomic E-state index is 14.2. The lowest BCUT2D eigenvalue weighted by atomic mass is 10.1. The number of amides is 3. The van der Waals surface area contributed by atoms with Crippen LogP contribution in [0.3, 0.4) is 0 Å². The number of para-hydroxylation sites is 1. The minimum atomic E-state index is -0.453. The van der Waals surface area contributed by atoms with Crippen molar-refractivity contribution >= 4 is 45.8 Å². The summed E-state index contributed by atoms with van der Waals surface area (Å²) >= 11 is 0.848. The van der Waals surface area contributed by atoms with Gasteiger partial charge in [0.15, 0.2) is 0 Å². The summed E-state index contributed by atoms with van der Waals surface area (Å²) in [7, 11) is 0. The van der Waals surface area contributed by atoms with E-state index in [-0.39, 0.29) is 23.2 Å². The summed E-state index contributed by atoms with van der Waals surface area (Å²) in [6, 6.07) is 14.3. The van der Waals surface area contributed by atoms with Gasteiger partial charge in [-0.3, -0.25) is 19.3 Å². The second-order valence-corrected chi connectivity index (χ2v) is 9.52. The largest absolute Gasteiger partial charge is 0.342 e. The van der Waals surface area contributed by atoms with Crippen LogP contribution < -0.4 is 0 Å². The quantitative estimate of drug-likeness (QED) is 0.492. The molecule has 34 heavy (non-hydrogen) atoms. The van der Waals surface area contributed by atoms with E-state index in [0.717, 1.165) is 52.4 Å². The first kappa shape index (κ1) is 22.4. The second-order valence-electron chi connectivity index (χ2n) is 8.53. The predicted octanol–water partition coefficient (Wildman–Crippen LogP) is 4.88. The summed E-state index contributed by atoms with van der Waals surface area (Å²) in [6.07, 6.45) is 6.55. The van der Waals surface area contributed by atoms with E-state index in [1.54, 1.807) is 29.2 Å². The zero-order valence-corrected chi connectivity index (χ0v) is 19.4. The molecule has 1 aromatic heterocycles. The number of hydrogen-bond acceptors (Lipinski definition) is 4. The number of nitrogens with zero attached hydrogens (tertiary/aromatic N) is 3. The SMILES string of the molecule is O=C(CN1C(=O)S/C(=C\c2cn(Cc3ccccc3F)c3ccccc23)C1=O)N1CCCCC1. The van der Waals surface area contributed by atoms with Crippen molar-refractivity contribution in [3.63, 3.8) is 0 Å². The van der Waals surface area contributed by atoms with Crippen molar-refractivity contribution in [2.75, 3.05) is 19.6 Å². The van der Waals surface area contributed by atoms with Gasteiger partial charge in [-0.1, -0.05) is 36.4 Å². The van der Waals surface area contributed by atoms with Crippen molar-refractivity contribution in [3.05, 3.63) is 76.6 Å². The van der Waals surface area contributed by atoms with Gasteiger partial charge in [0.1, 0.15) is 12.4 Å². The molecule has 0 atom stereocenters. The molecule has 174 valence electrons. The molecule has 8 heteroatoms. The molecule has 0 N–H and O–H groups in total. The minimum absolute atomic E-state index is 0.190. The van der Waals surface area contributed by atoms with Crippen LogP contribution >= 0.6 is 11.8 Å². The first-order valence-corrected chi connectivity index (χ1v) is 12.2. The number of hydrogen-bond donors (Lipinski definition) is 0. The van der Waals surface area contributed by atoms with Crippen molar-refractivity contribution in [3.8, 4) is 0 Å². The number of likely N-dealkylation sites (tertiary alicyclic amines) is 1. The van der Waals surface area contributed by atoms with Crippen molar-refractivity contribution in [1.29, 1.82) is 0 Å². The van der Waals surface area contributed by atoms with Gasteiger partial charge < -0.3 is 9.47 Å². The van der Waals surface area contributed by atoms with E-state index < -0.39 is 11.1 Å². The van der Waals surface area contributed by atoms with Crippen LogP contribution in [0.5, 0.6) is 0 Å². The van der Waals surface area contributed by atoms with E-state index in [1.807, 2.05) is 35.0 Å². The standard InChI is InChI=1S/C26H24FN3O3S/c27-21-10-4-2-8-18(21)15-29-16-19(20-9-3-5-11-22(20)29)14-23-25(32)30(26(33)34-23)17-24(31)28-12-6-1-7-13-28/h2-5,8-11,14,16H,1,6-7,12-13,15,17H2/b23-14-. The average Bonchev–Trinajstić information content (AvgIpc) is 3.33. The normalized spacial score (nSPS) is 17.9. The van der Waals surface area contributed by atoms with Crippen LogP contribution in [-0.2, 0) is 16.1 Å². The van der Waals surface area contributed by atoms with Crippen LogP contribution in [0.4, 0.5) is 9.18 Å². The summed E-state index contributed by atoms with van der Waals surface area (Å²) in [4.78, 5) is 41.2. The predicted molar refractivity (Wildman–Crippen MR) is 131 cm³/mol. The van der Waals surface area contributed by atoms with E-state index in [1.165, 1.54) is 6.07 Å². The van der Waals surface area contributed by atoms with Crippen molar-refractivity contribution in [1.82, 2.24) is 14.4 Å². The summed E-state index contributed by atoms with van der Waals surface area (Å²) in [5.41, 5.74) is 2.22. The second kappa shape index (κ2) is 9.46. The lowest BCUT2D eigenvalue weighted by Crippen LogP contribution is -2.44. The Morgan fingerprint density at radius 1 is 1.00 bits per heavy atom. The van der Waals surface area contributed by atoms with Crippen molar-refractivity contribution in [2.45, 2.75) is 25.8 Å². The molecule has 2 aliphatic heterocycles. The molecule has 2 saturated heterocycles. The molecule has 2 aliphatic rings. The van der Waals surface area contributed by atoms with Gasteiger partial charge in [0.05, 0.1) is 11.4 Å². The summed E-state index contributed by atoms with van der Waals surface area (Å²) in [5, 5.41) is 0.465. The molecule has 2 aromatic carbocycles. The molecule has 0 saturated carbocycles. The van der Waals surface area contributed by atoms with Crippen LogP contribution in [0.1, 0.15) is 30.4 Å². The smallest absolute Gasteiger partial charge is 0.294 e. The fourth-order valence-electron chi connectivity index (χ4n) is 4.49. The highest BCUT2D eigenvalue weighted by molar-refractivity contribution is 8.18. The molecule has 0 unspecified atom stereocenters. The first-order valence-electron chi connectivity index (χ1n) is 11.4. The van der Waals surface area contributed by atoms with Gasteiger partial charge in [-0.25, -0.2) is 4.39 Å². The summed E-state index contributed by atoms with van der Waals surface area (Å²) in [6.45, 7) is 1.46. The highest BCUT2D eigenvalue weighted by Crippen LogP contribution is 2.34. The van der Waals surface area contributed by atoms with Crippen LogP contribution in [0.25, 0.3) is 17.0 Å². The Bertz CT molecular complexity index is 1310. The number of benzene rings is 2. The van der Waals surface area contributed by atoms with E-state index in [4.69, 9.17) is 0 Å². The van der Waals surface area contributed by atoms with Gasteiger partial charge in [0, 0.05) is 41.3 Å². The molecule has 3 aromatic rings. The molecule has 3 amide bonds. The zero-order chi connectivity index (χ0) is 23.7. The Labute approximate surface area is 201 Å². The number of carbonyl (C=O) groups excluding carboxylic acids is 3. The van der Waals surface area contributed by atoms with Gasteiger partial charge in [-0.05, 0) is 49.2 Å². The molecule has 6 nitrogen and oxygen atoms in total. The Morgan fingerprint density at radius 3 is 2.53 bits per heavy atom. The lowest BCUT2D eigenvalue weighted by Gasteiger charge is -2.27. The number of thioether (sulfide) groups is 1. The highest BCUT2D eigenvalue weighted by Gasteiger charge is 2.37. The Morgan fingerprint density at radius 2 is 1.74 bits per heavy atom. The Hall–Kier alpha value is -3.39. The van der Waals surface area contributed by atoms with Gasteiger partial charge in [-0.15, -0.1) is 0 Å². The van der Waals surface area contributed by atoms with E-state index in [2.05, 4.69) is 0 Å². The number of halogens is 1. The fraction of sp³-hybridized carbons (Fsp3) is 0.269. The van der Waals surface area contributed by atoms with Gasteiger partial charge >= 0.3 is 0 Å². The lowest BCUT2D eigenvalue weighted by molar-refractivity contribution is -0.136. The van der Waals surface area contributed by atoms with Gasteiger partial charge in [0.2, 0.25) is 5.91 Å². The molecule has 0 radical (unpaired) electrons. The summed E-state index contributed by atoms with van der Waals surface area (Å²) in [5.74, 6) is -0.919. The Balaban J connectivity index is 1.41. The molecule has 2 fully saturated rings. The zero-order valence-electron chi connectivity index (χ0n) is 18.6. The summed E-state index contributed by atoms with van der Waals surface area (Å²) < 4.78 is 16.2. The Kier molecular flexibility index (Phi) is 6.24. The van der Waals surface area contributed by atoms with Crippen molar-refractivity contribution in [2.24, 2.45) is 0 Å². The average molecular weight is 478 g/mol. The van der Waals surface area contributed by atoms with Crippen LogP contribution in [0.2, 0.25) is 0 Å². The van der Waals surface area contributed by atoms with Gasteiger partial charge in [0.25, 0.3) is 11.1 Å².